The van der Waals surface area contributed by atoms with Crippen molar-refractivity contribution in [3.05, 3.63) is 64.8 Å². The molecule has 28 heavy (non-hydrogen) atoms. The van der Waals surface area contributed by atoms with E-state index >= 15 is 0 Å². The lowest BCUT2D eigenvalue weighted by atomic mass is 10.0. The Bertz CT molecular complexity index is 1140. The zero-order chi connectivity index (χ0) is 19.9. The summed E-state index contributed by atoms with van der Waals surface area (Å²) in [7, 11) is -2.26. The van der Waals surface area contributed by atoms with E-state index in [4.69, 9.17) is 9.26 Å². The molecule has 1 aromatic heterocycles. The highest BCUT2D eigenvalue weighted by atomic mass is 32.2. The molecule has 4 rings (SSSR count). The molecule has 0 N–H and O–H groups in total. The Morgan fingerprint density at radius 3 is 2.54 bits per heavy atom. The molecule has 2 heterocycles. The lowest BCUT2D eigenvalue weighted by Gasteiger charge is -2.28. The van der Waals surface area contributed by atoms with Crippen LogP contribution in [-0.2, 0) is 23.0 Å². The van der Waals surface area contributed by atoms with Crippen LogP contribution in [0.5, 0.6) is 5.75 Å². The molecule has 6 nitrogen and oxygen atoms in total. The average Bonchev–Trinajstić information content (AvgIpc) is 3.05. The van der Waals surface area contributed by atoms with Gasteiger partial charge in [0, 0.05) is 24.2 Å². The number of benzene rings is 2. The van der Waals surface area contributed by atoms with Crippen LogP contribution in [0.4, 0.5) is 0 Å². The molecule has 0 unspecified atom stereocenters. The van der Waals surface area contributed by atoms with Gasteiger partial charge in [-0.15, -0.1) is 0 Å². The number of hydrogen-bond acceptors (Lipinski definition) is 5. The molecule has 0 bridgehead atoms. The van der Waals surface area contributed by atoms with Gasteiger partial charge in [0.05, 0.1) is 12.8 Å². The zero-order valence-electron chi connectivity index (χ0n) is 16.1. The van der Waals surface area contributed by atoms with Gasteiger partial charge in [-0.05, 0) is 49.6 Å². The number of hydrogen-bond donors (Lipinski definition) is 0. The molecule has 0 saturated heterocycles. The summed E-state index contributed by atoms with van der Waals surface area (Å²) in [6.45, 7) is 4.55. The minimum Gasteiger partial charge on any atom is -0.495 e. The molecule has 2 aromatic carbocycles. The highest BCUT2D eigenvalue weighted by molar-refractivity contribution is 7.89. The highest BCUT2D eigenvalue weighted by Crippen LogP contribution is 2.35. The predicted octanol–water partition coefficient (Wildman–Crippen LogP) is 3.71. The van der Waals surface area contributed by atoms with Gasteiger partial charge in [0.2, 0.25) is 10.0 Å². The van der Waals surface area contributed by atoms with Crippen LogP contribution in [0.3, 0.4) is 0 Å². The number of aromatic nitrogens is 1. The molecule has 0 spiro atoms. The van der Waals surface area contributed by atoms with Crippen LogP contribution < -0.4 is 4.74 Å². The number of methoxy groups -OCH3 is 1. The Morgan fingerprint density at radius 2 is 1.86 bits per heavy atom. The van der Waals surface area contributed by atoms with Crippen LogP contribution in [0.15, 0.2) is 51.9 Å². The minimum absolute atomic E-state index is 0.139. The van der Waals surface area contributed by atoms with E-state index < -0.39 is 10.0 Å². The highest BCUT2D eigenvalue weighted by Gasteiger charge is 2.31. The van der Waals surface area contributed by atoms with Gasteiger partial charge in [0.15, 0.2) is 5.76 Å². The molecule has 146 valence electrons. The van der Waals surface area contributed by atoms with E-state index in [1.54, 1.807) is 18.2 Å². The molecule has 0 fully saturated rings. The fraction of sp³-hybridized carbons (Fsp3) is 0.286. The molecule has 0 saturated carbocycles. The first kappa shape index (κ1) is 18.7. The van der Waals surface area contributed by atoms with Crippen LogP contribution in [-0.4, -0.2) is 31.5 Å². The lowest BCUT2D eigenvalue weighted by molar-refractivity contribution is 0.377. The Balaban J connectivity index is 1.77. The number of aryl methyl sites for hydroxylation is 1. The molecule has 7 heteroatoms. The van der Waals surface area contributed by atoms with Gasteiger partial charge in [-0.25, -0.2) is 8.42 Å². The maximum Gasteiger partial charge on any atom is 0.247 e. The van der Waals surface area contributed by atoms with Crippen molar-refractivity contribution in [1.29, 1.82) is 0 Å². The predicted molar refractivity (Wildman–Crippen MR) is 106 cm³/mol. The Labute approximate surface area is 164 Å². The zero-order valence-corrected chi connectivity index (χ0v) is 16.9. The molecule has 0 atom stereocenters. The van der Waals surface area contributed by atoms with Gasteiger partial charge in [-0.2, -0.15) is 4.31 Å². The molecule has 0 aliphatic carbocycles. The third kappa shape index (κ3) is 3.10. The fourth-order valence-electron chi connectivity index (χ4n) is 3.52. The molecule has 3 aromatic rings. The summed E-state index contributed by atoms with van der Waals surface area (Å²) < 4.78 is 39.2. The summed E-state index contributed by atoms with van der Waals surface area (Å²) in [6, 6.07) is 13.0. The maximum absolute atomic E-state index is 13.5. The summed E-state index contributed by atoms with van der Waals surface area (Å²) >= 11 is 0. The van der Waals surface area contributed by atoms with Gasteiger partial charge in [0.1, 0.15) is 10.6 Å². The van der Waals surface area contributed by atoms with E-state index in [2.05, 4.69) is 11.2 Å². The monoisotopic (exact) mass is 398 g/mol. The largest absolute Gasteiger partial charge is 0.495 e. The van der Waals surface area contributed by atoms with Crippen molar-refractivity contribution in [2.24, 2.45) is 0 Å². The molecule has 1 aliphatic rings. The lowest BCUT2D eigenvalue weighted by Crippen LogP contribution is -2.36. The van der Waals surface area contributed by atoms with Crippen LogP contribution in [0.2, 0.25) is 0 Å². The van der Waals surface area contributed by atoms with E-state index in [1.165, 1.54) is 17.0 Å². The Morgan fingerprint density at radius 1 is 1.11 bits per heavy atom. The Hall–Kier alpha value is -2.64. The quantitative estimate of drug-likeness (QED) is 0.670. The molecule has 0 radical (unpaired) electrons. The van der Waals surface area contributed by atoms with E-state index in [9.17, 15) is 8.42 Å². The van der Waals surface area contributed by atoms with Crippen molar-refractivity contribution in [1.82, 2.24) is 9.46 Å². The normalized spacial score (nSPS) is 14.7. The first-order chi connectivity index (χ1) is 13.4. The van der Waals surface area contributed by atoms with Gasteiger partial charge in [-0.3, -0.25) is 0 Å². The summed E-state index contributed by atoms with van der Waals surface area (Å²) in [4.78, 5) is 0.139. The summed E-state index contributed by atoms with van der Waals surface area (Å²) in [5.74, 6) is 0.886. The first-order valence-electron chi connectivity index (χ1n) is 9.10. The number of nitrogens with zero attached hydrogens (tertiary/aromatic N) is 2. The van der Waals surface area contributed by atoms with Crippen LogP contribution in [0.1, 0.15) is 22.4 Å². The van der Waals surface area contributed by atoms with Crippen molar-refractivity contribution >= 4 is 10.0 Å². The van der Waals surface area contributed by atoms with E-state index in [1.807, 2.05) is 32.0 Å². The second-order valence-corrected chi connectivity index (χ2v) is 8.85. The number of ether oxygens (including phenoxy) is 1. The number of sulfonamides is 1. The van der Waals surface area contributed by atoms with Gasteiger partial charge in [0.25, 0.3) is 0 Å². The topological polar surface area (TPSA) is 72.6 Å². The van der Waals surface area contributed by atoms with Crippen LogP contribution in [0, 0.1) is 13.8 Å². The SMILES string of the molecule is COc1ccc(-c2onc(C)c2C)cc1S(=O)(=O)N1CCc2ccccc2C1. The van der Waals surface area contributed by atoms with Crippen molar-refractivity contribution in [3.63, 3.8) is 0 Å². The molecular formula is C21H22N2O4S. The van der Waals surface area contributed by atoms with Crippen molar-refractivity contribution in [2.75, 3.05) is 13.7 Å². The molecular weight excluding hydrogens is 376 g/mol. The fourth-order valence-corrected chi connectivity index (χ4v) is 5.12. The smallest absolute Gasteiger partial charge is 0.247 e. The van der Waals surface area contributed by atoms with Crippen LogP contribution in [0.25, 0.3) is 11.3 Å². The van der Waals surface area contributed by atoms with E-state index in [0.29, 0.717) is 36.6 Å². The standard InChI is InChI=1S/C21H22N2O4S/c1-14-15(2)22-27-21(14)17-8-9-19(26-3)20(12-17)28(24,25)23-11-10-16-6-4-5-7-18(16)13-23/h4-9,12H,10-11,13H2,1-3H3. The summed E-state index contributed by atoms with van der Waals surface area (Å²) in [5, 5.41) is 3.98. The minimum atomic E-state index is -3.74. The second-order valence-electron chi connectivity index (χ2n) is 6.95. The molecule has 0 amide bonds. The van der Waals surface area contributed by atoms with Crippen molar-refractivity contribution < 1.29 is 17.7 Å². The van der Waals surface area contributed by atoms with Crippen molar-refractivity contribution in [2.45, 2.75) is 31.7 Å². The van der Waals surface area contributed by atoms with Crippen LogP contribution >= 0.6 is 0 Å². The maximum atomic E-state index is 13.5. The third-order valence-corrected chi connectivity index (χ3v) is 7.16. The average molecular weight is 398 g/mol. The van der Waals surface area contributed by atoms with E-state index in [0.717, 1.165) is 16.8 Å². The van der Waals surface area contributed by atoms with Crippen molar-refractivity contribution in [3.8, 4) is 17.1 Å². The third-order valence-electron chi connectivity index (χ3n) is 5.30. The number of rotatable bonds is 4. The Kier molecular flexibility index (Phi) is 4.72. The van der Waals surface area contributed by atoms with Gasteiger partial charge in [-0.1, -0.05) is 29.4 Å². The van der Waals surface area contributed by atoms with Gasteiger partial charge < -0.3 is 9.26 Å². The van der Waals surface area contributed by atoms with Gasteiger partial charge >= 0.3 is 0 Å². The summed E-state index contributed by atoms with van der Waals surface area (Å²) in [6.07, 6.45) is 0.692. The number of fused-ring (bicyclic) bond motifs is 1. The second kappa shape index (κ2) is 7.07. The van der Waals surface area contributed by atoms with E-state index in [-0.39, 0.29) is 4.90 Å². The first-order valence-corrected chi connectivity index (χ1v) is 10.5. The summed E-state index contributed by atoms with van der Waals surface area (Å²) in [5.41, 5.74) is 4.56. The molecule has 1 aliphatic heterocycles.